The summed E-state index contributed by atoms with van der Waals surface area (Å²) in [6.07, 6.45) is 2.93. The van der Waals surface area contributed by atoms with Crippen molar-refractivity contribution in [2.45, 2.75) is 32.2 Å². The second kappa shape index (κ2) is 9.82. The van der Waals surface area contributed by atoms with Crippen LogP contribution in [0.15, 0.2) is 18.2 Å². The predicted octanol–water partition coefficient (Wildman–Crippen LogP) is 2.71. The predicted molar refractivity (Wildman–Crippen MR) is 81.2 cm³/mol. The Labute approximate surface area is 126 Å². The van der Waals surface area contributed by atoms with Crippen LogP contribution in [0.4, 0.5) is 8.78 Å². The summed E-state index contributed by atoms with van der Waals surface area (Å²) < 4.78 is 26.6. The Morgan fingerprint density at radius 1 is 1.14 bits per heavy atom. The zero-order valence-corrected chi connectivity index (χ0v) is 12.9. The fraction of sp³-hybridized carbons (Fsp3) is 0.625. The van der Waals surface area contributed by atoms with E-state index < -0.39 is 11.6 Å². The van der Waals surface area contributed by atoms with E-state index in [0.717, 1.165) is 38.4 Å². The van der Waals surface area contributed by atoms with Crippen molar-refractivity contribution < 1.29 is 13.9 Å². The Morgan fingerprint density at radius 3 is 2.33 bits per heavy atom. The van der Waals surface area contributed by atoms with Crippen molar-refractivity contribution in [2.75, 3.05) is 33.3 Å². The first-order valence-electron chi connectivity index (χ1n) is 7.57. The molecule has 21 heavy (non-hydrogen) atoms. The number of aliphatic hydroxyl groups is 1. The lowest BCUT2D eigenvalue weighted by Crippen LogP contribution is -2.31. The van der Waals surface area contributed by atoms with E-state index in [2.05, 4.69) is 17.1 Å². The average Bonchev–Trinajstić information content (AvgIpc) is 2.44. The summed E-state index contributed by atoms with van der Waals surface area (Å²) in [6.45, 7) is 4.61. The largest absolute Gasteiger partial charge is 0.395 e. The van der Waals surface area contributed by atoms with E-state index in [4.69, 9.17) is 5.11 Å². The van der Waals surface area contributed by atoms with Crippen molar-refractivity contribution >= 4 is 0 Å². The number of benzene rings is 1. The van der Waals surface area contributed by atoms with Gasteiger partial charge in [0.25, 0.3) is 0 Å². The van der Waals surface area contributed by atoms with E-state index in [-0.39, 0.29) is 12.6 Å². The van der Waals surface area contributed by atoms with Crippen molar-refractivity contribution in [3.05, 3.63) is 35.4 Å². The SMILES string of the molecule is CCCCN(CCO)CCC(NC)c1cc(F)cc(F)c1. The van der Waals surface area contributed by atoms with Crippen LogP contribution in [0.3, 0.4) is 0 Å². The van der Waals surface area contributed by atoms with Crippen molar-refractivity contribution in [3.8, 4) is 0 Å². The van der Waals surface area contributed by atoms with Gasteiger partial charge in [0.1, 0.15) is 11.6 Å². The lowest BCUT2D eigenvalue weighted by atomic mass is 10.0. The monoisotopic (exact) mass is 300 g/mol. The molecule has 2 N–H and O–H groups in total. The van der Waals surface area contributed by atoms with Crippen LogP contribution >= 0.6 is 0 Å². The van der Waals surface area contributed by atoms with E-state index >= 15 is 0 Å². The van der Waals surface area contributed by atoms with Gasteiger partial charge >= 0.3 is 0 Å². The van der Waals surface area contributed by atoms with E-state index in [1.54, 1.807) is 7.05 Å². The Morgan fingerprint density at radius 2 is 1.81 bits per heavy atom. The summed E-state index contributed by atoms with van der Waals surface area (Å²) in [4.78, 5) is 2.18. The number of halogens is 2. The van der Waals surface area contributed by atoms with Gasteiger partial charge in [-0.2, -0.15) is 0 Å². The number of unbranched alkanes of at least 4 members (excludes halogenated alkanes) is 1. The van der Waals surface area contributed by atoms with E-state index in [0.29, 0.717) is 12.1 Å². The molecule has 0 bridgehead atoms. The second-order valence-electron chi connectivity index (χ2n) is 5.25. The lowest BCUT2D eigenvalue weighted by Gasteiger charge is -2.24. The Balaban J connectivity index is 2.63. The minimum absolute atomic E-state index is 0.0991. The van der Waals surface area contributed by atoms with Gasteiger partial charge in [0.2, 0.25) is 0 Å². The van der Waals surface area contributed by atoms with Gasteiger partial charge in [-0.05, 0) is 44.1 Å². The van der Waals surface area contributed by atoms with Crippen LogP contribution in [-0.4, -0.2) is 43.3 Å². The lowest BCUT2D eigenvalue weighted by molar-refractivity contribution is 0.188. The summed E-state index contributed by atoms with van der Waals surface area (Å²) in [5.41, 5.74) is 0.620. The number of hydrogen-bond donors (Lipinski definition) is 2. The molecular formula is C16H26F2N2O. The molecular weight excluding hydrogens is 274 g/mol. The Bertz CT molecular complexity index is 395. The molecule has 0 aromatic heterocycles. The topological polar surface area (TPSA) is 35.5 Å². The first-order chi connectivity index (χ1) is 10.1. The normalized spacial score (nSPS) is 12.9. The summed E-state index contributed by atoms with van der Waals surface area (Å²) in [5.74, 6) is -1.10. The first-order valence-corrected chi connectivity index (χ1v) is 7.57. The highest BCUT2D eigenvalue weighted by Gasteiger charge is 2.14. The van der Waals surface area contributed by atoms with Gasteiger partial charge in [0.15, 0.2) is 0 Å². The van der Waals surface area contributed by atoms with Crippen LogP contribution in [0, 0.1) is 11.6 Å². The highest BCUT2D eigenvalue weighted by molar-refractivity contribution is 5.21. The van der Waals surface area contributed by atoms with Gasteiger partial charge in [-0.15, -0.1) is 0 Å². The zero-order chi connectivity index (χ0) is 15.7. The summed E-state index contributed by atoms with van der Waals surface area (Å²) >= 11 is 0. The number of nitrogens with one attached hydrogen (secondary N) is 1. The van der Waals surface area contributed by atoms with Gasteiger partial charge in [0, 0.05) is 25.2 Å². The number of aliphatic hydroxyl groups excluding tert-OH is 1. The summed E-state index contributed by atoms with van der Waals surface area (Å²) in [6, 6.07) is 3.52. The third-order valence-electron chi connectivity index (χ3n) is 3.61. The number of nitrogens with zero attached hydrogens (tertiary/aromatic N) is 1. The summed E-state index contributed by atoms with van der Waals surface area (Å²) in [5, 5.41) is 12.2. The molecule has 120 valence electrons. The van der Waals surface area contributed by atoms with Crippen LogP contribution in [0.25, 0.3) is 0 Å². The number of hydrogen-bond acceptors (Lipinski definition) is 3. The molecule has 1 atom stereocenters. The van der Waals surface area contributed by atoms with Crippen LogP contribution in [0.1, 0.15) is 37.8 Å². The van der Waals surface area contributed by atoms with Gasteiger partial charge in [-0.1, -0.05) is 13.3 Å². The van der Waals surface area contributed by atoms with Crippen molar-refractivity contribution in [1.29, 1.82) is 0 Å². The maximum Gasteiger partial charge on any atom is 0.126 e. The van der Waals surface area contributed by atoms with Crippen LogP contribution < -0.4 is 5.32 Å². The van der Waals surface area contributed by atoms with E-state index in [1.807, 2.05) is 0 Å². The fourth-order valence-corrected chi connectivity index (χ4v) is 2.42. The van der Waals surface area contributed by atoms with Crippen LogP contribution in [0.5, 0.6) is 0 Å². The maximum atomic E-state index is 13.3. The van der Waals surface area contributed by atoms with Gasteiger partial charge in [0.05, 0.1) is 6.61 Å². The van der Waals surface area contributed by atoms with Gasteiger partial charge in [-0.25, -0.2) is 8.78 Å². The molecule has 0 saturated heterocycles. The highest BCUT2D eigenvalue weighted by Crippen LogP contribution is 2.19. The Kier molecular flexibility index (Phi) is 8.42. The fourth-order valence-electron chi connectivity index (χ4n) is 2.42. The quantitative estimate of drug-likeness (QED) is 0.697. The minimum atomic E-state index is -0.552. The third-order valence-corrected chi connectivity index (χ3v) is 3.61. The highest BCUT2D eigenvalue weighted by atomic mass is 19.1. The molecule has 0 saturated carbocycles. The molecule has 0 radical (unpaired) electrons. The molecule has 0 aliphatic carbocycles. The molecule has 1 aromatic rings. The molecule has 1 rings (SSSR count). The first kappa shape index (κ1) is 18.0. The van der Waals surface area contributed by atoms with Gasteiger partial charge < -0.3 is 15.3 Å². The minimum Gasteiger partial charge on any atom is -0.395 e. The molecule has 0 spiro atoms. The molecule has 5 heteroatoms. The van der Waals surface area contributed by atoms with E-state index in [9.17, 15) is 8.78 Å². The van der Waals surface area contributed by atoms with E-state index in [1.165, 1.54) is 12.1 Å². The molecule has 3 nitrogen and oxygen atoms in total. The maximum absolute atomic E-state index is 13.3. The van der Waals surface area contributed by atoms with Crippen molar-refractivity contribution in [1.82, 2.24) is 10.2 Å². The average molecular weight is 300 g/mol. The molecule has 0 aliphatic heterocycles. The van der Waals surface area contributed by atoms with Crippen molar-refractivity contribution in [2.24, 2.45) is 0 Å². The molecule has 0 heterocycles. The molecule has 1 unspecified atom stereocenters. The smallest absolute Gasteiger partial charge is 0.126 e. The zero-order valence-electron chi connectivity index (χ0n) is 12.9. The molecule has 0 amide bonds. The molecule has 1 aromatic carbocycles. The van der Waals surface area contributed by atoms with Crippen LogP contribution in [0.2, 0.25) is 0 Å². The number of rotatable bonds is 10. The van der Waals surface area contributed by atoms with Crippen molar-refractivity contribution in [3.63, 3.8) is 0 Å². The van der Waals surface area contributed by atoms with Crippen LogP contribution in [-0.2, 0) is 0 Å². The molecule has 0 fully saturated rings. The Hall–Kier alpha value is -1.04. The van der Waals surface area contributed by atoms with Gasteiger partial charge in [-0.3, -0.25) is 0 Å². The summed E-state index contributed by atoms with van der Waals surface area (Å²) in [7, 11) is 1.79. The standard InChI is InChI=1S/C16H26F2N2O/c1-3-4-6-20(8-9-21)7-5-16(19-2)13-10-14(17)12-15(18)11-13/h10-12,16,19,21H,3-9H2,1-2H3. The second-order valence-corrected chi connectivity index (χ2v) is 5.25. The molecule has 0 aliphatic rings. The third kappa shape index (κ3) is 6.50.